The molecule has 1 unspecified atom stereocenters. The Balaban J connectivity index is 1.97. The molecule has 6 heteroatoms. The first kappa shape index (κ1) is 17.4. The number of hydrogen-bond donors (Lipinski definition) is 1. The molecule has 1 amide bonds. The van der Waals surface area contributed by atoms with Crippen molar-refractivity contribution >= 4 is 33.4 Å². The monoisotopic (exact) mass is 408 g/mol. The van der Waals surface area contributed by atoms with Crippen molar-refractivity contribution in [3.63, 3.8) is 0 Å². The summed E-state index contributed by atoms with van der Waals surface area (Å²) in [5.41, 5.74) is 3.66. The average molecular weight is 409 g/mol. The fourth-order valence-electron chi connectivity index (χ4n) is 3.40. The van der Waals surface area contributed by atoms with Gasteiger partial charge in [-0.15, -0.1) is 11.3 Å². The lowest BCUT2D eigenvalue weighted by Crippen LogP contribution is -2.33. The summed E-state index contributed by atoms with van der Waals surface area (Å²) in [6.07, 6.45) is 2.76. The van der Waals surface area contributed by atoms with E-state index in [1.165, 1.54) is 11.1 Å². The molecule has 0 bridgehead atoms. The second kappa shape index (κ2) is 7.23. The van der Waals surface area contributed by atoms with Crippen LogP contribution in [0.15, 0.2) is 28.2 Å². The maximum absolute atomic E-state index is 11.5. The predicted octanol–water partition coefficient (Wildman–Crippen LogP) is 5.24. The molecule has 1 N–H and O–H groups in total. The number of rotatable bonds is 3. The van der Waals surface area contributed by atoms with Crippen molar-refractivity contribution in [2.24, 2.45) is 5.92 Å². The molecule has 2 aromatic rings. The Morgan fingerprint density at radius 3 is 2.92 bits per heavy atom. The summed E-state index contributed by atoms with van der Waals surface area (Å²) >= 11 is 5.08. The maximum Gasteiger partial charge on any atom is 0.407 e. The highest BCUT2D eigenvalue weighted by molar-refractivity contribution is 9.11. The van der Waals surface area contributed by atoms with Gasteiger partial charge in [-0.2, -0.15) is 0 Å². The highest BCUT2D eigenvalue weighted by Crippen LogP contribution is 2.35. The van der Waals surface area contributed by atoms with Crippen LogP contribution in [0.1, 0.15) is 37.3 Å². The van der Waals surface area contributed by atoms with E-state index in [0.717, 1.165) is 27.2 Å². The lowest BCUT2D eigenvalue weighted by atomic mass is 9.86. The third kappa shape index (κ3) is 3.81. The minimum atomic E-state index is -0.819. The summed E-state index contributed by atoms with van der Waals surface area (Å²) in [5, 5.41) is 10.4. The van der Waals surface area contributed by atoms with Gasteiger partial charge in [0.15, 0.2) is 0 Å². The number of benzene rings is 1. The van der Waals surface area contributed by atoms with Crippen LogP contribution in [-0.2, 0) is 6.42 Å². The zero-order valence-corrected chi connectivity index (χ0v) is 16.2. The van der Waals surface area contributed by atoms with Crippen LogP contribution >= 0.6 is 27.3 Å². The zero-order chi connectivity index (χ0) is 17.3. The topological polar surface area (TPSA) is 53.4 Å². The van der Waals surface area contributed by atoms with E-state index in [1.807, 2.05) is 6.20 Å². The molecule has 1 aromatic carbocycles. The van der Waals surface area contributed by atoms with Crippen LogP contribution < -0.4 is 0 Å². The van der Waals surface area contributed by atoms with E-state index in [2.05, 4.69) is 53.0 Å². The normalized spacial score (nSPS) is 17.7. The van der Waals surface area contributed by atoms with Gasteiger partial charge in [-0.1, -0.05) is 26.0 Å². The van der Waals surface area contributed by atoms with Gasteiger partial charge in [-0.25, -0.2) is 9.78 Å². The molecule has 128 valence electrons. The molecule has 1 aliphatic rings. The number of hydrogen-bond acceptors (Lipinski definition) is 3. The molecule has 3 rings (SSSR count). The number of carbonyl (C=O) groups is 1. The van der Waals surface area contributed by atoms with E-state index in [9.17, 15) is 9.90 Å². The molecule has 0 aliphatic carbocycles. The molecule has 0 spiro atoms. The number of thiazole rings is 1. The quantitative estimate of drug-likeness (QED) is 0.755. The van der Waals surface area contributed by atoms with Crippen LogP contribution in [0.4, 0.5) is 4.79 Å². The molecule has 2 heterocycles. The van der Waals surface area contributed by atoms with Crippen LogP contribution in [-0.4, -0.2) is 34.2 Å². The standard InChI is InChI=1S/C18H21BrN2O2S/c1-11(2)7-14-10-21(18(22)23)6-5-12-8-13(3-4-15(12)14)17-20-9-16(19)24-17/h3-4,8-9,11,14H,5-7,10H2,1-2H3,(H,22,23). The molecule has 0 saturated carbocycles. The number of fused-ring (bicyclic) bond motifs is 1. The fourth-order valence-corrected chi connectivity index (χ4v) is 4.60. The third-order valence-corrected chi connectivity index (χ3v) is 5.95. The molecule has 1 atom stereocenters. The van der Waals surface area contributed by atoms with Gasteiger partial charge < -0.3 is 10.0 Å². The number of aromatic nitrogens is 1. The first-order valence-electron chi connectivity index (χ1n) is 8.16. The van der Waals surface area contributed by atoms with Crippen LogP contribution in [0.5, 0.6) is 0 Å². The van der Waals surface area contributed by atoms with Crippen molar-refractivity contribution in [1.29, 1.82) is 0 Å². The van der Waals surface area contributed by atoms with Crippen molar-refractivity contribution in [3.8, 4) is 10.6 Å². The van der Waals surface area contributed by atoms with Gasteiger partial charge >= 0.3 is 6.09 Å². The van der Waals surface area contributed by atoms with Crippen molar-refractivity contribution in [3.05, 3.63) is 39.3 Å². The lowest BCUT2D eigenvalue weighted by Gasteiger charge is -2.24. The number of nitrogens with zero attached hydrogens (tertiary/aromatic N) is 2. The van der Waals surface area contributed by atoms with Gasteiger partial charge in [0, 0.05) is 24.6 Å². The van der Waals surface area contributed by atoms with Crippen LogP contribution in [0.2, 0.25) is 0 Å². The molecule has 0 fully saturated rings. The number of carboxylic acid groups (broad SMARTS) is 1. The van der Waals surface area contributed by atoms with Gasteiger partial charge in [0.05, 0.1) is 9.98 Å². The molecule has 1 aromatic heterocycles. The fraction of sp³-hybridized carbons (Fsp3) is 0.444. The van der Waals surface area contributed by atoms with Crippen LogP contribution in [0.3, 0.4) is 0 Å². The van der Waals surface area contributed by atoms with E-state index in [1.54, 1.807) is 16.2 Å². The molecule has 4 nitrogen and oxygen atoms in total. The Bertz CT molecular complexity index is 744. The van der Waals surface area contributed by atoms with Gasteiger partial charge in [0.1, 0.15) is 5.01 Å². The van der Waals surface area contributed by atoms with Gasteiger partial charge in [-0.05, 0) is 51.9 Å². The Kier molecular flexibility index (Phi) is 5.25. The van der Waals surface area contributed by atoms with E-state index < -0.39 is 6.09 Å². The molecular formula is C18H21BrN2O2S. The Morgan fingerprint density at radius 1 is 1.50 bits per heavy atom. The van der Waals surface area contributed by atoms with Crippen molar-refractivity contribution in [2.75, 3.05) is 13.1 Å². The minimum absolute atomic E-state index is 0.260. The summed E-state index contributed by atoms with van der Waals surface area (Å²) in [6, 6.07) is 6.49. The largest absolute Gasteiger partial charge is 0.465 e. The zero-order valence-electron chi connectivity index (χ0n) is 13.8. The van der Waals surface area contributed by atoms with Gasteiger partial charge in [0.2, 0.25) is 0 Å². The Morgan fingerprint density at radius 2 is 2.29 bits per heavy atom. The third-order valence-electron chi connectivity index (χ3n) is 4.43. The highest BCUT2D eigenvalue weighted by Gasteiger charge is 2.26. The lowest BCUT2D eigenvalue weighted by molar-refractivity contribution is 0.142. The molecule has 24 heavy (non-hydrogen) atoms. The summed E-state index contributed by atoms with van der Waals surface area (Å²) in [7, 11) is 0. The summed E-state index contributed by atoms with van der Waals surface area (Å²) < 4.78 is 1.02. The van der Waals surface area contributed by atoms with E-state index in [0.29, 0.717) is 19.0 Å². The predicted molar refractivity (Wildman–Crippen MR) is 101 cm³/mol. The molecule has 0 saturated heterocycles. The second-order valence-electron chi connectivity index (χ2n) is 6.69. The van der Waals surface area contributed by atoms with Gasteiger partial charge in [-0.3, -0.25) is 0 Å². The van der Waals surface area contributed by atoms with E-state index >= 15 is 0 Å². The van der Waals surface area contributed by atoms with Crippen LogP contribution in [0, 0.1) is 5.92 Å². The molecular weight excluding hydrogens is 388 g/mol. The van der Waals surface area contributed by atoms with Crippen molar-refractivity contribution < 1.29 is 9.90 Å². The number of halogens is 1. The summed E-state index contributed by atoms with van der Waals surface area (Å²) in [5.74, 6) is 0.793. The maximum atomic E-state index is 11.5. The van der Waals surface area contributed by atoms with Gasteiger partial charge in [0.25, 0.3) is 0 Å². The van der Waals surface area contributed by atoms with Crippen molar-refractivity contribution in [1.82, 2.24) is 9.88 Å². The second-order valence-corrected chi connectivity index (χ2v) is 9.10. The SMILES string of the molecule is CC(C)CC1CN(C(=O)O)CCc2cc(-c3ncc(Br)s3)ccc21. The van der Waals surface area contributed by atoms with E-state index in [-0.39, 0.29) is 5.92 Å². The minimum Gasteiger partial charge on any atom is -0.465 e. The number of amides is 1. The average Bonchev–Trinajstić information content (AvgIpc) is 2.87. The highest BCUT2D eigenvalue weighted by atomic mass is 79.9. The molecule has 1 aliphatic heterocycles. The van der Waals surface area contributed by atoms with Crippen LogP contribution in [0.25, 0.3) is 10.6 Å². The summed E-state index contributed by atoms with van der Waals surface area (Å²) in [4.78, 5) is 17.5. The Hall–Kier alpha value is -1.40. The van der Waals surface area contributed by atoms with Crippen molar-refractivity contribution in [2.45, 2.75) is 32.6 Å². The van der Waals surface area contributed by atoms with E-state index in [4.69, 9.17) is 0 Å². The Labute approximate surface area is 154 Å². The first-order chi connectivity index (χ1) is 11.4. The first-order valence-corrected chi connectivity index (χ1v) is 9.77. The molecule has 0 radical (unpaired) electrons. The summed E-state index contributed by atoms with van der Waals surface area (Å²) in [6.45, 7) is 5.53. The smallest absolute Gasteiger partial charge is 0.407 e.